The Morgan fingerprint density at radius 1 is 1.62 bits per heavy atom. The van der Waals surface area contributed by atoms with Gasteiger partial charge in [-0.25, -0.2) is 4.39 Å². The Kier molecular flexibility index (Phi) is 2.84. The zero-order valence-corrected chi connectivity index (χ0v) is 7.17. The zero-order valence-electron chi connectivity index (χ0n) is 7.17. The molecule has 1 aromatic rings. The van der Waals surface area contributed by atoms with E-state index in [0.29, 0.717) is 6.42 Å². The maximum Gasteiger partial charge on any atom is 0.224 e. The number of rotatable bonds is 2. The largest absolute Gasteiger partial charge is 0.506 e. The fourth-order valence-corrected chi connectivity index (χ4v) is 0.849. The number of phenols is 1. The summed E-state index contributed by atoms with van der Waals surface area (Å²) in [4.78, 5) is 10.9. The fourth-order valence-electron chi connectivity index (χ4n) is 0.849. The van der Waals surface area contributed by atoms with Crippen molar-refractivity contribution in [3.05, 3.63) is 24.0 Å². The smallest absolute Gasteiger partial charge is 0.224 e. The van der Waals surface area contributed by atoms with Gasteiger partial charge in [0.2, 0.25) is 5.91 Å². The molecule has 0 saturated carbocycles. The molecule has 0 atom stereocenters. The fraction of sp³-hybridized carbons (Fsp3) is 0.222. The lowest BCUT2D eigenvalue weighted by atomic mass is 10.2. The number of hydrogen-bond acceptors (Lipinski definition) is 2. The molecule has 70 valence electrons. The molecule has 0 fully saturated rings. The Balaban J connectivity index is 2.83. The summed E-state index contributed by atoms with van der Waals surface area (Å²) in [5.74, 6) is -1.02. The first-order chi connectivity index (χ1) is 6.13. The Bertz CT molecular complexity index is 325. The molecule has 0 aliphatic heterocycles. The SMILES string of the molecule is CCC(=O)Nc1ccc(F)cc1O. The monoisotopic (exact) mass is 183 g/mol. The van der Waals surface area contributed by atoms with Crippen LogP contribution in [0, 0.1) is 5.82 Å². The van der Waals surface area contributed by atoms with Crippen molar-refractivity contribution in [2.75, 3.05) is 5.32 Å². The molecule has 3 nitrogen and oxygen atoms in total. The minimum atomic E-state index is -0.535. The second kappa shape index (κ2) is 3.89. The van der Waals surface area contributed by atoms with Crippen molar-refractivity contribution < 1.29 is 14.3 Å². The molecule has 0 aliphatic rings. The molecule has 0 bridgehead atoms. The van der Waals surface area contributed by atoms with E-state index in [9.17, 15) is 14.3 Å². The van der Waals surface area contributed by atoms with Crippen LogP contribution in [-0.2, 0) is 4.79 Å². The topological polar surface area (TPSA) is 49.3 Å². The van der Waals surface area contributed by atoms with E-state index in [2.05, 4.69) is 5.32 Å². The molecular formula is C9H10FNO2. The number of hydrogen-bond donors (Lipinski definition) is 2. The van der Waals surface area contributed by atoms with Crippen molar-refractivity contribution in [2.24, 2.45) is 0 Å². The summed E-state index contributed by atoms with van der Waals surface area (Å²) in [5, 5.41) is 11.6. The number of benzene rings is 1. The number of aromatic hydroxyl groups is 1. The summed E-state index contributed by atoms with van der Waals surface area (Å²) >= 11 is 0. The number of carbonyl (C=O) groups is 1. The van der Waals surface area contributed by atoms with Gasteiger partial charge in [0.25, 0.3) is 0 Å². The molecule has 0 heterocycles. The van der Waals surface area contributed by atoms with Crippen LogP contribution in [0.3, 0.4) is 0 Å². The Hall–Kier alpha value is -1.58. The van der Waals surface area contributed by atoms with Crippen LogP contribution < -0.4 is 5.32 Å². The number of phenolic OH excluding ortho intramolecular Hbond substituents is 1. The molecule has 1 aromatic carbocycles. The van der Waals surface area contributed by atoms with E-state index in [4.69, 9.17) is 0 Å². The summed E-state index contributed by atoms with van der Waals surface area (Å²) in [6.07, 6.45) is 0.316. The predicted molar refractivity (Wildman–Crippen MR) is 47.0 cm³/mol. The second-order valence-corrected chi connectivity index (χ2v) is 2.56. The van der Waals surface area contributed by atoms with Crippen molar-refractivity contribution in [3.63, 3.8) is 0 Å². The minimum Gasteiger partial charge on any atom is -0.506 e. The highest BCUT2D eigenvalue weighted by Crippen LogP contribution is 2.23. The van der Waals surface area contributed by atoms with Crippen LogP contribution >= 0.6 is 0 Å². The highest BCUT2D eigenvalue weighted by Gasteiger charge is 2.04. The van der Waals surface area contributed by atoms with Crippen molar-refractivity contribution in [2.45, 2.75) is 13.3 Å². The van der Waals surface area contributed by atoms with E-state index in [0.717, 1.165) is 6.07 Å². The van der Waals surface area contributed by atoms with Gasteiger partial charge in [-0.15, -0.1) is 0 Å². The molecular weight excluding hydrogens is 173 g/mol. The third-order valence-corrected chi connectivity index (χ3v) is 1.55. The van der Waals surface area contributed by atoms with Gasteiger partial charge in [0.05, 0.1) is 5.69 Å². The van der Waals surface area contributed by atoms with Gasteiger partial charge < -0.3 is 10.4 Å². The van der Waals surface area contributed by atoms with Crippen molar-refractivity contribution in [1.29, 1.82) is 0 Å². The Labute approximate surface area is 75.2 Å². The van der Waals surface area contributed by atoms with Gasteiger partial charge in [0.15, 0.2) is 0 Å². The molecule has 13 heavy (non-hydrogen) atoms. The third-order valence-electron chi connectivity index (χ3n) is 1.55. The first-order valence-electron chi connectivity index (χ1n) is 3.92. The van der Waals surface area contributed by atoms with Gasteiger partial charge in [0, 0.05) is 12.5 Å². The summed E-state index contributed by atoms with van der Waals surface area (Å²) in [6.45, 7) is 1.69. The van der Waals surface area contributed by atoms with Gasteiger partial charge in [0.1, 0.15) is 11.6 Å². The van der Waals surface area contributed by atoms with Crippen LogP contribution in [-0.4, -0.2) is 11.0 Å². The minimum absolute atomic E-state index is 0.220. The molecule has 1 rings (SSSR count). The molecule has 0 spiro atoms. The summed E-state index contributed by atoms with van der Waals surface area (Å²) < 4.78 is 12.5. The average Bonchev–Trinajstić information content (AvgIpc) is 2.09. The van der Waals surface area contributed by atoms with Gasteiger partial charge in [-0.2, -0.15) is 0 Å². The molecule has 0 radical (unpaired) electrons. The third kappa shape index (κ3) is 2.43. The van der Waals surface area contributed by atoms with Crippen LogP contribution in [0.5, 0.6) is 5.75 Å². The molecule has 0 saturated heterocycles. The molecule has 0 unspecified atom stereocenters. The Morgan fingerprint density at radius 3 is 2.85 bits per heavy atom. The average molecular weight is 183 g/mol. The highest BCUT2D eigenvalue weighted by atomic mass is 19.1. The van der Waals surface area contributed by atoms with E-state index in [-0.39, 0.29) is 17.3 Å². The van der Waals surface area contributed by atoms with E-state index in [1.54, 1.807) is 6.92 Å². The zero-order chi connectivity index (χ0) is 9.84. The number of nitrogens with one attached hydrogen (secondary N) is 1. The molecule has 2 N–H and O–H groups in total. The molecule has 0 aromatic heterocycles. The number of carbonyl (C=O) groups excluding carboxylic acids is 1. The molecule has 4 heteroatoms. The van der Waals surface area contributed by atoms with Crippen LogP contribution in [0.15, 0.2) is 18.2 Å². The van der Waals surface area contributed by atoms with Crippen LogP contribution in [0.1, 0.15) is 13.3 Å². The van der Waals surface area contributed by atoms with Gasteiger partial charge >= 0.3 is 0 Å². The van der Waals surface area contributed by atoms with E-state index in [1.807, 2.05) is 0 Å². The quantitative estimate of drug-likeness (QED) is 0.688. The number of halogens is 1. The number of amides is 1. The second-order valence-electron chi connectivity index (χ2n) is 2.56. The first kappa shape index (κ1) is 9.51. The van der Waals surface area contributed by atoms with Gasteiger partial charge in [-0.3, -0.25) is 4.79 Å². The standard InChI is InChI=1S/C9H10FNO2/c1-2-9(13)11-7-4-3-6(10)5-8(7)12/h3-5,12H,2H2,1H3,(H,11,13). The van der Waals surface area contributed by atoms with Crippen LogP contribution in [0.2, 0.25) is 0 Å². The summed E-state index contributed by atoms with van der Waals surface area (Å²) in [5.41, 5.74) is 0.230. The van der Waals surface area contributed by atoms with Gasteiger partial charge in [-0.1, -0.05) is 6.92 Å². The van der Waals surface area contributed by atoms with Crippen molar-refractivity contribution >= 4 is 11.6 Å². The summed E-state index contributed by atoms with van der Waals surface area (Å²) in [7, 11) is 0. The highest BCUT2D eigenvalue weighted by molar-refractivity contribution is 5.91. The molecule has 0 aliphatic carbocycles. The van der Waals surface area contributed by atoms with Crippen LogP contribution in [0.25, 0.3) is 0 Å². The first-order valence-corrected chi connectivity index (χ1v) is 3.92. The normalized spacial score (nSPS) is 9.69. The maximum absolute atomic E-state index is 12.5. The molecule has 1 amide bonds. The lowest BCUT2D eigenvalue weighted by molar-refractivity contribution is -0.115. The van der Waals surface area contributed by atoms with E-state index in [1.165, 1.54) is 12.1 Å². The van der Waals surface area contributed by atoms with Crippen molar-refractivity contribution in [3.8, 4) is 5.75 Å². The number of anilines is 1. The lowest BCUT2D eigenvalue weighted by Crippen LogP contribution is -2.09. The lowest BCUT2D eigenvalue weighted by Gasteiger charge is -2.05. The summed E-state index contributed by atoms with van der Waals surface area (Å²) in [6, 6.07) is 3.44. The van der Waals surface area contributed by atoms with E-state index < -0.39 is 5.82 Å². The van der Waals surface area contributed by atoms with E-state index >= 15 is 0 Å². The van der Waals surface area contributed by atoms with Crippen LogP contribution in [0.4, 0.5) is 10.1 Å². The maximum atomic E-state index is 12.5. The predicted octanol–water partition coefficient (Wildman–Crippen LogP) is 1.88. The van der Waals surface area contributed by atoms with Gasteiger partial charge in [-0.05, 0) is 12.1 Å². The van der Waals surface area contributed by atoms with Crippen molar-refractivity contribution in [1.82, 2.24) is 0 Å². The Morgan fingerprint density at radius 2 is 2.31 bits per heavy atom.